The Morgan fingerprint density at radius 3 is 1.98 bits per heavy atom. The van der Waals surface area contributed by atoms with Crippen LogP contribution in [-0.4, -0.2) is 31.0 Å². The number of hydrogen-bond acceptors (Lipinski definition) is 3. The SMILES string of the molecule is Cc1ccc([C@@H]2CC(=O)C([Si](C(C)C)(C(C)C)C(C)C)=CN2C(=O)O[C@@H]2CC[C@H](C(C)C)C[C@H]2C(C)(C)c2ccccc2)cc1. The lowest BCUT2D eigenvalue weighted by atomic mass is 9.62. The minimum Gasteiger partial charge on any atom is -0.446 e. The third-order valence-electron chi connectivity index (χ3n) is 11.8. The lowest BCUT2D eigenvalue weighted by Gasteiger charge is -2.48. The molecule has 2 aliphatic rings. The Hall–Kier alpha value is -2.66. The molecule has 1 saturated carbocycles. The standard InChI is InChI=1S/C40H59NO3Si/c1-26(2)32-21-22-37(34(23-32)40(10,11)33-15-13-12-14-16-33)44-39(43)41-25-38(45(27(3)4,28(5)6)29(7)8)36(42)24-35(41)31-19-17-30(9)18-20-31/h12-20,25-29,32,34-35,37H,21-24H2,1-11H3/t32-,34+,35-,37+/m0/s1. The van der Waals surface area contributed by atoms with Gasteiger partial charge in [-0.3, -0.25) is 9.69 Å². The van der Waals surface area contributed by atoms with Crippen LogP contribution in [0.5, 0.6) is 0 Å². The molecular weight excluding hydrogens is 571 g/mol. The fraction of sp³-hybridized carbons (Fsp3) is 0.600. The maximum Gasteiger partial charge on any atom is 0.414 e. The molecule has 4 atom stereocenters. The Balaban J connectivity index is 1.78. The second kappa shape index (κ2) is 14.0. The van der Waals surface area contributed by atoms with Crippen LogP contribution in [0, 0.1) is 24.7 Å². The largest absolute Gasteiger partial charge is 0.446 e. The molecule has 0 aromatic heterocycles. The first-order valence-electron chi connectivity index (χ1n) is 17.5. The van der Waals surface area contributed by atoms with Gasteiger partial charge in [0.15, 0.2) is 5.78 Å². The number of ketones is 1. The van der Waals surface area contributed by atoms with Crippen molar-refractivity contribution in [3.8, 4) is 0 Å². The highest BCUT2D eigenvalue weighted by molar-refractivity contribution is 6.93. The summed E-state index contributed by atoms with van der Waals surface area (Å²) in [5.74, 6) is 1.57. The van der Waals surface area contributed by atoms with E-state index in [2.05, 4.69) is 131 Å². The Kier molecular flexibility index (Phi) is 10.9. The maximum absolute atomic E-state index is 14.6. The summed E-state index contributed by atoms with van der Waals surface area (Å²) >= 11 is 0. The number of amides is 1. The Bertz CT molecular complexity index is 1320. The Morgan fingerprint density at radius 2 is 1.44 bits per heavy atom. The summed E-state index contributed by atoms with van der Waals surface area (Å²) in [6, 6.07) is 18.6. The topological polar surface area (TPSA) is 46.6 Å². The van der Waals surface area contributed by atoms with Crippen LogP contribution in [0.15, 0.2) is 66.0 Å². The molecule has 1 fully saturated rings. The predicted molar refractivity (Wildman–Crippen MR) is 190 cm³/mol. The van der Waals surface area contributed by atoms with E-state index >= 15 is 0 Å². The van der Waals surface area contributed by atoms with Crippen LogP contribution in [0.1, 0.15) is 118 Å². The average molecular weight is 630 g/mol. The zero-order chi connectivity index (χ0) is 33.3. The van der Waals surface area contributed by atoms with Gasteiger partial charge in [-0.15, -0.1) is 0 Å². The number of Topliss-reactive ketones (excluding diaryl/α,β-unsaturated/α-hetero) is 1. The van der Waals surface area contributed by atoms with Gasteiger partial charge in [-0.2, -0.15) is 0 Å². The highest BCUT2D eigenvalue weighted by Gasteiger charge is 2.51. The van der Waals surface area contributed by atoms with Crippen molar-refractivity contribution in [1.29, 1.82) is 0 Å². The van der Waals surface area contributed by atoms with Crippen molar-refractivity contribution >= 4 is 20.0 Å². The summed E-state index contributed by atoms with van der Waals surface area (Å²) in [6.45, 7) is 25.0. The lowest BCUT2D eigenvalue weighted by Crippen LogP contribution is -2.53. The van der Waals surface area contributed by atoms with Crippen molar-refractivity contribution in [1.82, 2.24) is 4.90 Å². The molecule has 5 heteroatoms. The number of allylic oxidation sites excluding steroid dienone is 1. The van der Waals surface area contributed by atoms with Gasteiger partial charge in [0.1, 0.15) is 14.2 Å². The van der Waals surface area contributed by atoms with E-state index in [-0.39, 0.29) is 35.4 Å². The molecule has 1 aliphatic carbocycles. The zero-order valence-corrected chi connectivity index (χ0v) is 30.9. The van der Waals surface area contributed by atoms with Crippen molar-refractivity contribution in [3.63, 3.8) is 0 Å². The van der Waals surface area contributed by atoms with Crippen LogP contribution in [0.2, 0.25) is 16.6 Å². The number of ether oxygens (including phenoxy) is 1. The molecule has 246 valence electrons. The van der Waals surface area contributed by atoms with Gasteiger partial charge in [0.2, 0.25) is 0 Å². The van der Waals surface area contributed by atoms with E-state index in [4.69, 9.17) is 4.74 Å². The first-order valence-corrected chi connectivity index (χ1v) is 19.7. The van der Waals surface area contributed by atoms with Crippen LogP contribution >= 0.6 is 0 Å². The number of rotatable bonds is 9. The number of benzene rings is 2. The summed E-state index contributed by atoms with van der Waals surface area (Å²) < 4.78 is 6.68. The van der Waals surface area contributed by atoms with Crippen molar-refractivity contribution in [2.24, 2.45) is 17.8 Å². The molecule has 0 bridgehead atoms. The van der Waals surface area contributed by atoms with Crippen LogP contribution in [0.25, 0.3) is 0 Å². The van der Waals surface area contributed by atoms with E-state index in [0.29, 0.717) is 34.9 Å². The van der Waals surface area contributed by atoms with Gasteiger partial charge in [-0.1, -0.05) is 129 Å². The van der Waals surface area contributed by atoms with Crippen molar-refractivity contribution < 1.29 is 14.3 Å². The van der Waals surface area contributed by atoms with E-state index in [1.165, 1.54) is 5.56 Å². The summed E-state index contributed by atoms with van der Waals surface area (Å²) in [4.78, 5) is 30.6. The summed E-state index contributed by atoms with van der Waals surface area (Å²) in [6.07, 6.45) is 4.69. The second-order valence-electron chi connectivity index (χ2n) is 15.8. The van der Waals surface area contributed by atoms with E-state index in [9.17, 15) is 9.59 Å². The van der Waals surface area contributed by atoms with Crippen molar-refractivity contribution in [2.45, 2.75) is 136 Å². The number of aryl methyl sites for hydroxylation is 1. The van der Waals surface area contributed by atoms with Crippen molar-refractivity contribution in [2.75, 3.05) is 0 Å². The molecular formula is C40H59NO3Si. The molecule has 1 aliphatic heterocycles. The summed E-state index contributed by atoms with van der Waals surface area (Å²) in [7, 11) is -2.32. The van der Waals surface area contributed by atoms with Gasteiger partial charge in [0, 0.05) is 18.5 Å². The van der Waals surface area contributed by atoms with E-state index in [1.807, 2.05) is 11.1 Å². The highest BCUT2D eigenvalue weighted by atomic mass is 28.3. The van der Waals surface area contributed by atoms with Gasteiger partial charge in [-0.25, -0.2) is 4.79 Å². The average Bonchev–Trinajstić information content (AvgIpc) is 2.98. The van der Waals surface area contributed by atoms with Crippen LogP contribution in [-0.2, 0) is 14.9 Å². The zero-order valence-electron chi connectivity index (χ0n) is 29.9. The number of carbonyl (C=O) groups is 2. The molecule has 2 aromatic carbocycles. The Labute approximate surface area is 275 Å². The van der Waals surface area contributed by atoms with Crippen molar-refractivity contribution in [3.05, 3.63) is 82.7 Å². The first kappa shape index (κ1) is 35.2. The normalized spacial score (nSPS) is 23.2. The van der Waals surface area contributed by atoms with E-state index in [1.54, 1.807) is 0 Å². The fourth-order valence-electron chi connectivity index (χ4n) is 9.17. The minimum atomic E-state index is -2.32. The summed E-state index contributed by atoms with van der Waals surface area (Å²) in [5.41, 5.74) is 4.35. The molecule has 4 nitrogen and oxygen atoms in total. The third-order valence-corrected chi connectivity index (χ3v) is 18.8. The molecule has 0 N–H and O–H groups in total. The smallest absolute Gasteiger partial charge is 0.414 e. The van der Waals surface area contributed by atoms with Crippen LogP contribution < -0.4 is 0 Å². The maximum atomic E-state index is 14.6. The molecule has 1 heterocycles. The molecule has 0 unspecified atom stereocenters. The van der Waals surface area contributed by atoms with E-state index in [0.717, 1.165) is 35.6 Å². The van der Waals surface area contributed by atoms with E-state index < -0.39 is 8.07 Å². The van der Waals surface area contributed by atoms with Gasteiger partial charge >= 0.3 is 6.09 Å². The molecule has 0 saturated heterocycles. The number of nitrogens with zero attached hydrogens (tertiary/aromatic N) is 1. The van der Waals surface area contributed by atoms with Crippen LogP contribution in [0.3, 0.4) is 0 Å². The monoisotopic (exact) mass is 629 g/mol. The van der Waals surface area contributed by atoms with Gasteiger partial charge < -0.3 is 4.74 Å². The third kappa shape index (κ3) is 6.89. The summed E-state index contributed by atoms with van der Waals surface area (Å²) in [5, 5.41) is 0.910. The molecule has 45 heavy (non-hydrogen) atoms. The number of hydrogen-bond donors (Lipinski definition) is 0. The predicted octanol–water partition coefficient (Wildman–Crippen LogP) is 11.0. The molecule has 0 spiro atoms. The molecule has 0 radical (unpaired) electrons. The molecule has 4 rings (SSSR count). The highest BCUT2D eigenvalue weighted by Crippen LogP contribution is 2.50. The van der Waals surface area contributed by atoms with Crippen LogP contribution in [0.4, 0.5) is 4.79 Å². The van der Waals surface area contributed by atoms with Gasteiger partial charge in [0.05, 0.1) is 6.04 Å². The quantitative estimate of drug-likeness (QED) is 0.259. The second-order valence-corrected chi connectivity index (χ2v) is 21.7. The van der Waals surface area contributed by atoms with Gasteiger partial charge in [-0.05, 0) is 76.4 Å². The fourth-order valence-corrected chi connectivity index (χ4v) is 16.0. The molecule has 2 aromatic rings. The Morgan fingerprint density at radius 1 is 0.867 bits per heavy atom. The first-order chi connectivity index (χ1) is 21.1. The number of carbonyl (C=O) groups excluding carboxylic acids is 2. The van der Waals surface area contributed by atoms with Gasteiger partial charge in [0.25, 0.3) is 0 Å². The molecule has 1 amide bonds. The lowest BCUT2D eigenvalue weighted by molar-refractivity contribution is -0.117. The minimum absolute atomic E-state index is 0.163.